The summed E-state index contributed by atoms with van der Waals surface area (Å²) in [6.45, 7) is 3.99. The molecule has 0 bridgehead atoms. The first-order valence-corrected chi connectivity index (χ1v) is 7.41. The van der Waals surface area contributed by atoms with Crippen LogP contribution in [0, 0.1) is 5.92 Å². The minimum Gasteiger partial charge on any atom is -0.481 e. The molecule has 114 valence electrons. The molecule has 0 radical (unpaired) electrons. The van der Waals surface area contributed by atoms with Crippen LogP contribution in [-0.4, -0.2) is 30.1 Å². The van der Waals surface area contributed by atoms with E-state index in [1.807, 2.05) is 18.2 Å². The van der Waals surface area contributed by atoms with Crippen LogP contribution < -0.4 is 10.6 Å². The number of rotatable bonds is 6. The standard InChI is InChI=1S/C16H22N2O3/c1-11(16(20)21)3-2-7-18-15(19)13-5-4-12-6-8-17-10-14(12)9-13/h4-5,9,11,17H,2-3,6-8,10H2,1H3,(H,18,19)(H,20,21). The van der Waals surface area contributed by atoms with Crippen molar-refractivity contribution in [2.75, 3.05) is 13.1 Å². The monoisotopic (exact) mass is 290 g/mol. The Hall–Kier alpha value is -1.88. The molecule has 0 saturated carbocycles. The maximum atomic E-state index is 12.1. The third-order valence-corrected chi connectivity index (χ3v) is 3.88. The van der Waals surface area contributed by atoms with Crippen LogP contribution >= 0.6 is 0 Å². The number of carbonyl (C=O) groups excluding carboxylic acids is 1. The summed E-state index contributed by atoms with van der Waals surface area (Å²) in [6, 6.07) is 5.83. The first kappa shape index (κ1) is 15.5. The predicted molar refractivity (Wildman–Crippen MR) is 80.2 cm³/mol. The highest BCUT2D eigenvalue weighted by atomic mass is 16.4. The zero-order chi connectivity index (χ0) is 15.2. The molecular formula is C16H22N2O3. The predicted octanol–water partition coefficient (Wildman–Crippen LogP) is 1.56. The molecular weight excluding hydrogens is 268 g/mol. The number of amides is 1. The van der Waals surface area contributed by atoms with Crippen LogP contribution in [0.2, 0.25) is 0 Å². The van der Waals surface area contributed by atoms with Crippen molar-refractivity contribution in [3.63, 3.8) is 0 Å². The van der Waals surface area contributed by atoms with Gasteiger partial charge in [0.15, 0.2) is 0 Å². The van der Waals surface area contributed by atoms with Gasteiger partial charge in [-0.3, -0.25) is 9.59 Å². The van der Waals surface area contributed by atoms with Gasteiger partial charge in [-0.2, -0.15) is 0 Å². The van der Waals surface area contributed by atoms with Crippen LogP contribution in [0.1, 0.15) is 41.3 Å². The maximum absolute atomic E-state index is 12.1. The lowest BCUT2D eigenvalue weighted by atomic mass is 9.98. The summed E-state index contributed by atoms with van der Waals surface area (Å²) in [5.41, 5.74) is 3.16. The fourth-order valence-electron chi connectivity index (χ4n) is 2.46. The van der Waals surface area contributed by atoms with Crippen LogP contribution in [0.15, 0.2) is 18.2 Å². The summed E-state index contributed by atoms with van der Waals surface area (Å²) in [4.78, 5) is 22.8. The van der Waals surface area contributed by atoms with Crippen molar-refractivity contribution < 1.29 is 14.7 Å². The molecule has 1 amide bonds. The van der Waals surface area contributed by atoms with Crippen LogP contribution in [0.5, 0.6) is 0 Å². The number of nitrogens with one attached hydrogen (secondary N) is 2. The first-order chi connectivity index (χ1) is 10.1. The molecule has 1 aromatic rings. The van der Waals surface area contributed by atoms with Crippen molar-refractivity contribution in [3.05, 3.63) is 34.9 Å². The Balaban J connectivity index is 1.82. The average Bonchev–Trinajstić information content (AvgIpc) is 2.50. The Morgan fingerprint density at radius 2 is 2.19 bits per heavy atom. The lowest BCUT2D eigenvalue weighted by molar-refractivity contribution is -0.141. The molecule has 21 heavy (non-hydrogen) atoms. The number of carboxylic acids is 1. The van der Waals surface area contributed by atoms with E-state index < -0.39 is 5.97 Å². The molecule has 1 aliphatic rings. The van der Waals surface area contributed by atoms with E-state index in [0.717, 1.165) is 19.5 Å². The summed E-state index contributed by atoms with van der Waals surface area (Å²) in [5.74, 6) is -1.24. The lowest BCUT2D eigenvalue weighted by Crippen LogP contribution is -2.27. The van der Waals surface area contributed by atoms with E-state index in [1.165, 1.54) is 11.1 Å². The Labute approximate surface area is 124 Å². The fraction of sp³-hybridized carbons (Fsp3) is 0.500. The van der Waals surface area contributed by atoms with Crippen molar-refractivity contribution in [2.24, 2.45) is 5.92 Å². The summed E-state index contributed by atoms with van der Waals surface area (Å²) < 4.78 is 0. The number of aliphatic carboxylic acids is 1. The van der Waals surface area contributed by atoms with Crippen molar-refractivity contribution in [1.82, 2.24) is 10.6 Å². The summed E-state index contributed by atoms with van der Waals surface area (Å²) in [6.07, 6.45) is 2.25. The van der Waals surface area contributed by atoms with Crippen LogP contribution in [0.3, 0.4) is 0 Å². The quantitative estimate of drug-likeness (QED) is 0.695. The molecule has 1 unspecified atom stereocenters. The summed E-state index contributed by atoms with van der Waals surface area (Å²) >= 11 is 0. The van der Waals surface area contributed by atoms with Gasteiger partial charge in [-0.05, 0) is 49.1 Å². The second-order valence-electron chi connectivity index (χ2n) is 5.55. The molecule has 0 saturated heterocycles. The van der Waals surface area contributed by atoms with Gasteiger partial charge in [0.1, 0.15) is 0 Å². The third kappa shape index (κ3) is 4.29. The smallest absolute Gasteiger partial charge is 0.306 e. The summed E-state index contributed by atoms with van der Waals surface area (Å²) in [5, 5.41) is 14.9. The SMILES string of the molecule is CC(CCCNC(=O)c1ccc2c(c1)CNCC2)C(=O)O. The van der Waals surface area contributed by atoms with E-state index >= 15 is 0 Å². The van der Waals surface area contributed by atoms with Crippen LogP contribution in [0.4, 0.5) is 0 Å². The fourth-order valence-corrected chi connectivity index (χ4v) is 2.46. The van der Waals surface area contributed by atoms with Gasteiger partial charge >= 0.3 is 5.97 Å². The molecule has 2 rings (SSSR count). The number of fused-ring (bicyclic) bond motifs is 1. The largest absolute Gasteiger partial charge is 0.481 e. The highest BCUT2D eigenvalue weighted by Gasteiger charge is 2.13. The Bertz CT molecular complexity index is 528. The van der Waals surface area contributed by atoms with Gasteiger partial charge in [0.25, 0.3) is 5.91 Å². The maximum Gasteiger partial charge on any atom is 0.306 e. The third-order valence-electron chi connectivity index (χ3n) is 3.88. The van der Waals surface area contributed by atoms with Gasteiger partial charge in [0, 0.05) is 18.7 Å². The van der Waals surface area contributed by atoms with Gasteiger partial charge in [-0.25, -0.2) is 0 Å². The lowest BCUT2D eigenvalue weighted by Gasteiger charge is -2.17. The zero-order valence-corrected chi connectivity index (χ0v) is 12.3. The zero-order valence-electron chi connectivity index (χ0n) is 12.3. The van der Waals surface area contributed by atoms with Crippen LogP contribution in [-0.2, 0) is 17.8 Å². The molecule has 5 nitrogen and oxygen atoms in total. The van der Waals surface area contributed by atoms with Crippen molar-refractivity contribution in [3.8, 4) is 0 Å². The molecule has 0 fully saturated rings. The minimum atomic E-state index is -0.788. The highest BCUT2D eigenvalue weighted by Crippen LogP contribution is 2.15. The Morgan fingerprint density at radius 1 is 1.38 bits per heavy atom. The van der Waals surface area contributed by atoms with E-state index in [4.69, 9.17) is 5.11 Å². The molecule has 1 aromatic carbocycles. The second kappa shape index (κ2) is 7.22. The van der Waals surface area contributed by atoms with Gasteiger partial charge in [-0.1, -0.05) is 13.0 Å². The molecule has 1 atom stereocenters. The summed E-state index contributed by atoms with van der Waals surface area (Å²) in [7, 11) is 0. The van der Waals surface area contributed by atoms with Gasteiger partial charge in [0.05, 0.1) is 5.92 Å². The molecule has 0 aromatic heterocycles. The topological polar surface area (TPSA) is 78.4 Å². The van der Waals surface area contributed by atoms with Gasteiger partial charge in [-0.15, -0.1) is 0 Å². The number of hydrogen-bond donors (Lipinski definition) is 3. The molecule has 1 heterocycles. The van der Waals surface area contributed by atoms with E-state index in [2.05, 4.69) is 10.6 Å². The van der Waals surface area contributed by atoms with E-state index in [-0.39, 0.29) is 11.8 Å². The number of hydrogen-bond acceptors (Lipinski definition) is 3. The average molecular weight is 290 g/mol. The molecule has 5 heteroatoms. The normalized spacial score (nSPS) is 15.1. The van der Waals surface area contributed by atoms with Crippen LogP contribution in [0.25, 0.3) is 0 Å². The van der Waals surface area contributed by atoms with E-state index in [0.29, 0.717) is 24.9 Å². The molecule has 0 aliphatic carbocycles. The van der Waals surface area contributed by atoms with E-state index in [9.17, 15) is 9.59 Å². The first-order valence-electron chi connectivity index (χ1n) is 7.41. The number of carboxylic acid groups (broad SMARTS) is 1. The second-order valence-corrected chi connectivity index (χ2v) is 5.55. The Morgan fingerprint density at radius 3 is 2.95 bits per heavy atom. The molecule has 1 aliphatic heterocycles. The molecule has 0 spiro atoms. The van der Waals surface area contributed by atoms with Gasteiger partial charge < -0.3 is 15.7 Å². The Kier molecular flexibility index (Phi) is 5.33. The van der Waals surface area contributed by atoms with E-state index in [1.54, 1.807) is 6.92 Å². The number of carbonyl (C=O) groups is 2. The number of benzene rings is 1. The van der Waals surface area contributed by atoms with Crippen molar-refractivity contribution in [1.29, 1.82) is 0 Å². The molecule has 3 N–H and O–H groups in total. The minimum absolute atomic E-state index is 0.0913. The highest BCUT2D eigenvalue weighted by molar-refractivity contribution is 5.94. The van der Waals surface area contributed by atoms with Crippen molar-refractivity contribution >= 4 is 11.9 Å². The van der Waals surface area contributed by atoms with Gasteiger partial charge in [0.2, 0.25) is 0 Å². The van der Waals surface area contributed by atoms with Crippen molar-refractivity contribution in [2.45, 2.75) is 32.7 Å².